The monoisotopic (exact) mass is 211 g/mol. The van der Waals surface area contributed by atoms with Gasteiger partial charge in [0.25, 0.3) is 0 Å². The standard InChI is InChI=1S/C13H23O2/c1-10(2)12-6-5-11(3)9-13(12)15-8-4-7-14/h10-13H,4-6,8-9H2,1-3H3. The van der Waals surface area contributed by atoms with E-state index in [-0.39, 0.29) is 0 Å². The van der Waals surface area contributed by atoms with Gasteiger partial charge in [-0.15, -0.1) is 0 Å². The van der Waals surface area contributed by atoms with E-state index < -0.39 is 0 Å². The van der Waals surface area contributed by atoms with Crippen LogP contribution in [0.5, 0.6) is 0 Å². The summed E-state index contributed by atoms with van der Waals surface area (Å²) in [6.07, 6.45) is 6.41. The van der Waals surface area contributed by atoms with Crippen LogP contribution >= 0.6 is 0 Å². The van der Waals surface area contributed by atoms with E-state index in [1.807, 2.05) is 6.29 Å². The molecule has 15 heavy (non-hydrogen) atoms. The molecule has 0 amide bonds. The van der Waals surface area contributed by atoms with E-state index in [1.54, 1.807) is 0 Å². The molecule has 0 aromatic rings. The van der Waals surface area contributed by atoms with Crippen LogP contribution in [-0.2, 0) is 9.53 Å². The third-order valence-corrected chi connectivity index (χ3v) is 3.50. The predicted octanol–water partition coefficient (Wildman–Crippen LogP) is 2.96. The summed E-state index contributed by atoms with van der Waals surface area (Å²) >= 11 is 0. The minimum absolute atomic E-state index is 0.363. The molecular formula is C13H23O2. The van der Waals surface area contributed by atoms with Crippen molar-refractivity contribution in [1.82, 2.24) is 0 Å². The summed E-state index contributed by atoms with van der Waals surface area (Å²) < 4.78 is 5.81. The van der Waals surface area contributed by atoms with E-state index in [0.717, 1.165) is 12.3 Å². The van der Waals surface area contributed by atoms with Gasteiger partial charge in [0.2, 0.25) is 6.29 Å². The van der Waals surface area contributed by atoms with Gasteiger partial charge >= 0.3 is 0 Å². The molecule has 1 radical (unpaired) electrons. The van der Waals surface area contributed by atoms with Crippen LogP contribution in [0, 0.1) is 17.8 Å². The van der Waals surface area contributed by atoms with Crippen molar-refractivity contribution in [3.8, 4) is 0 Å². The fourth-order valence-corrected chi connectivity index (χ4v) is 2.56. The van der Waals surface area contributed by atoms with Crippen LogP contribution in [0.3, 0.4) is 0 Å². The molecule has 1 saturated carbocycles. The second-order valence-corrected chi connectivity index (χ2v) is 5.13. The molecular weight excluding hydrogens is 188 g/mol. The molecule has 3 atom stereocenters. The first-order chi connectivity index (χ1) is 7.15. The highest BCUT2D eigenvalue weighted by Crippen LogP contribution is 2.35. The van der Waals surface area contributed by atoms with E-state index in [4.69, 9.17) is 4.74 Å². The maximum absolute atomic E-state index is 10.1. The summed E-state index contributed by atoms with van der Waals surface area (Å²) in [5.74, 6) is 2.13. The molecule has 1 aliphatic carbocycles. The lowest BCUT2D eigenvalue weighted by Crippen LogP contribution is -2.34. The van der Waals surface area contributed by atoms with Gasteiger partial charge in [0, 0.05) is 6.42 Å². The maximum Gasteiger partial charge on any atom is 0.200 e. The minimum Gasteiger partial charge on any atom is -0.377 e. The van der Waals surface area contributed by atoms with Gasteiger partial charge < -0.3 is 4.74 Å². The molecule has 0 saturated heterocycles. The van der Waals surface area contributed by atoms with Gasteiger partial charge in [0.05, 0.1) is 12.7 Å². The highest BCUT2D eigenvalue weighted by Gasteiger charge is 2.31. The molecule has 2 nitrogen and oxygen atoms in total. The molecule has 3 unspecified atom stereocenters. The van der Waals surface area contributed by atoms with Crippen LogP contribution in [0.2, 0.25) is 0 Å². The molecule has 1 rings (SSSR count). The van der Waals surface area contributed by atoms with Crippen molar-refractivity contribution in [3.63, 3.8) is 0 Å². The molecule has 87 valence electrons. The second-order valence-electron chi connectivity index (χ2n) is 5.13. The second kappa shape index (κ2) is 6.26. The SMILES string of the molecule is CC1CCC(C(C)C)C(OCC[C]=O)C1. The molecule has 0 bridgehead atoms. The Balaban J connectivity index is 2.42. The number of hydrogen-bond donors (Lipinski definition) is 0. The van der Waals surface area contributed by atoms with Crippen LogP contribution in [0.25, 0.3) is 0 Å². The summed E-state index contributed by atoms with van der Waals surface area (Å²) in [4.78, 5) is 10.1. The Morgan fingerprint density at radius 2 is 2.13 bits per heavy atom. The molecule has 1 fully saturated rings. The van der Waals surface area contributed by atoms with Crippen LogP contribution in [0.1, 0.15) is 46.5 Å². The fourth-order valence-electron chi connectivity index (χ4n) is 2.56. The quantitative estimate of drug-likeness (QED) is 0.653. The Hall–Kier alpha value is -0.370. The highest BCUT2D eigenvalue weighted by molar-refractivity contribution is 5.50. The Morgan fingerprint density at radius 3 is 2.73 bits per heavy atom. The van der Waals surface area contributed by atoms with Crippen molar-refractivity contribution >= 4 is 6.29 Å². The third-order valence-electron chi connectivity index (χ3n) is 3.50. The molecule has 0 aromatic carbocycles. The van der Waals surface area contributed by atoms with Crippen LogP contribution in [-0.4, -0.2) is 19.0 Å². The number of carbonyl (C=O) groups excluding carboxylic acids is 1. The fraction of sp³-hybridized carbons (Fsp3) is 0.923. The number of hydrogen-bond acceptors (Lipinski definition) is 2. The summed E-state index contributed by atoms with van der Waals surface area (Å²) in [6.45, 7) is 7.37. The van der Waals surface area contributed by atoms with E-state index in [0.29, 0.717) is 31.0 Å². The first-order valence-corrected chi connectivity index (χ1v) is 6.11. The van der Waals surface area contributed by atoms with E-state index in [9.17, 15) is 4.79 Å². The van der Waals surface area contributed by atoms with Crippen molar-refractivity contribution in [2.24, 2.45) is 17.8 Å². The summed E-state index contributed by atoms with van der Waals surface area (Å²) in [5, 5.41) is 0. The summed E-state index contributed by atoms with van der Waals surface area (Å²) in [5.41, 5.74) is 0. The Labute approximate surface area is 93.4 Å². The Bertz CT molecular complexity index is 189. The molecule has 0 heterocycles. The van der Waals surface area contributed by atoms with Crippen LogP contribution in [0.4, 0.5) is 0 Å². The maximum atomic E-state index is 10.1. The molecule has 1 aliphatic rings. The third kappa shape index (κ3) is 3.94. The predicted molar refractivity (Wildman–Crippen MR) is 61.4 cm³/mol. The molecule has 0 N–H and O–H groups in total. The lowest BCUT2D eigenvalue weighted by atomic mass is 9.75. The Kier molecular flexibility index (Phi) is 5.30. The zero-order valence-electron chi connectivity index (χ0n) is 10.2. The molecule has 0 aromatic heterocycles. The zero-order valence-corrected chi connectivity index (χ0v) is 10.2. The molecule has 0 spiro atoms. The van der Waals surface area contributed by atoms with Gasteiger partial charge in [-0.2, -0.15) is 0 Å². The van der Waals surface area contributed by atoms with E-state index >= 15 is 0 Å². The van der Waals surface area contributed by atoms with Crippen LogP contribution in [0.15, 0.2) is 0 Å². The van der Waals surface area contributed by atoms with Crippen LogP contribution < -0.4 is 0 Å². The van der Waals surface area contributed by atoms with Crippen molar-refractivity contribution < 1.29 is 9.53 Å². The molecule has 0 aliphatic heterocycles. The average Bonchev–Trinajstić information content (AvgIpc) is 2.18. The lowest BCUT2D eigenvalue weighted by Gasteiger charge is -2.37. The minimum atomic E-state index is 0.363. The summed E-state index contributed by atoms with van der Waals surface area (Å²) in [7, 11) is 0. The van der Waals surface area contributed by atoms with Crippen molar-refractivity contribution in [2.45, 2.75) is 52.6 Å². The first kappa shape index (κ1) is 12.7. The highest BCUT2D eigenvalue weighted by atomic mass is 16.5. The smallest absolute Gasteiger partial charge is 0.200 e. The van der Waals surface area contributed by atoms with Gasteiger partial charge in [-0.1, -0.05) is 27.2 Å². The van der Waals surface area contributed by atoms with Gasteiger partial charge in [-0.25, -0.2) is 0 Å². The average molecular weight is 211 g/mol. The van der Waals surface area contributed by atoms with Crippen molar-refractivity contribution in [1.29, 1.82) is 0 Å². The first-order valence-electron chi connectivity index (χ1n) is 6.11. The zero-order chi connectivity index (χ0) is 11.3. The van der Waals surface area contributed by atoms with Gasteiger partial charge in [-0.3, -0.25) is 4.79 Å². The van der Waals surface area contributed by atoms with Crippen molar-refractivity contribution in [2.75, 3.05) is 6.61 Å². The van der Waals surface area contributed by atoms with E-state index in [2.05, 4.69) is 20.8 Å². The topological polar surface area (TPSA) is 26.3 Å². The number of rotatable bonds is 5. The van der Waals surface area contributed by atoms with Crippen molar-refractivity contribution in [3.05, 3.63) is 0 Å². The van der Waals surface area contributed by atoms with Gasteiger partial charge in [0.15, 0.2) is 0 Å². The Morgan fingerprint density at radius 1 is 1.40 bits per heavy atom. The summed E-state index contributed by atoms with van der Waals surface area (Å²) in [6, 6.07) is 0. The normalized spacial score (nSPS) is 31.9. The number of ether oxygens (including phenoxy) is 1. The van der Waals surface area contributed by atoms with Gasteiger partial charge in [0.1, 0.15) is 0 Å². The lowest BCUT2D eigenvalue weighted by molar-refractivity contribution is -0.0355. The van der Waals surface area contributed by atoms with Gasteiger partial charge in [-0.05, 0) is 30.6 Å². The molecule has 2 heteroatoms. The largest absolute Gasteiger partial charge is 0.377 e. The van der Waals surface area contributed by atoms with E-state index in [1.165, 1.54) is 12.8 Å².